The maximum Gasteiger partial charge on any atom is 0.379 e. The van der Waals surface area contributed by atoms with Gasteiger partial charge in [-0.3, -0.25) is 0 Å². The molecule has 1 heterocycles. The lowest BCUT2D eigenvalue weighted by Gasteiger charge is -2.34. The van der Waals surface area contributed by atoms with E-state index in [0.29, 0.717) is 11.6 Å². The highest BCUT2D eigenvalue weighted by Crippen LogP contribution is 2.30. The zero-order valence-corrected chi connectivity index (χ0v) is 14.6. The monoisotopic (exact) mass is 390 g/mol. The van der Waals surface area contributed by atoms with Crippen LogP contribution >= 0.6 is 15.9 Å². The number of aliphatic carboxylic acids is 1. The van der Waals surface area contributed by atoms with Crippen molar-refractivity contribution in [2.24, 2.45) is 0 Å². The summed E-state index contributed by atoms with van der Waals surface area (Å²) < 4.78 is 27.3. The van der Waals surface area contributed by atoms with Gasteiger partial charge in [0, 0.05) is 23.7 Å². The van der Waals surface area contributed by atoms with Crippen LogP contribution in [0.2, 0.25) is 0 Å². The number of carbonyl (C=O) groups is 1. The molecule has 2 rings (SSSR count). The van der Waals surface area contributed by atoms with Crippen molar-refractivity contribution in [2.45, 2.75) is 55.7 Å². The Kier molecular flexibility index (Phi) is 5.75. The lowest BCUT2D eigenvalue weighted by Crippen LogP contribution is -2.48. The van der Waals surface area contributed by atoms with Crippen molar-refractivity contribution in [3.8, 4) is 0 Å². The molecule has 4 nitrogen and oxygen atoms in total. The summed E-state index contributed by atoms with van der Waals surface area (Å²) >= 11 is 3.55. The van der Waals surface area contributed by atoms with Gasteiger partial charge in [0.25, 0.3) is 0 Å². The highest BCUT2D eigenvalue weighted by atomic mass is 79.9. The van der Waals surface area contributed by atoms with E-state index in [0.717, 1.165) is 18.9 Å². The Hall–Kier alpha value is -1.05. The summed E-state index contributed by atoms with van der Waals surface area (Å²) in [6, 6.07) is 6.09. The fourth-order valence-corrected chi connectivity index (χ4v) is 3.83. The van der Waals surface area contributed by atoms with Crippen LogP contribution in [-0.4, -0.2) is 28.1 Å². The molecular weight excluding hydrogens is 370 g/mol. The molecule has 0 spiro atoms. The lowest BCUT2D eigenvalue weighted by atomic mass is 9.97. The van der Waals surface area contributed by atoms with E-state index in [-0.39, 0.29) is 17.0 Å². The van der Waals surface area contributed by atoms with Crippen molar-refractivity contribution < 1.29 is 18.7 Å². The second-order valence-electron chi connectivity index (χ2n) is 6.10. The maximum absolute atomic E-state index is 13.6. The summed E-state index contributed by atoms with van der Waals surface area (Å²) in [5, 5.41) is 15.5. The molecule has 1 aromatic rings. The third kappa shape index (κ3) is 4.49. The molecule has 128 valence electrons. The quantitative estimate of drug-likeness (QED) is 0.532. The molecule has 1 aliphatic rings. The average Bonchev–Trinajstić information content (AvgIpc) is 2.46. The number of halogens is 3. The number of carboxylic acids is 1. The second-order valence-corrected chi connectivity index (χ2v) is 7.20. The molecule has 0 amide bonds. The third-order valence-electron chi connectivity index (χ3n) is 4.10. The van der Waals surface area contributed by atoms with Gasteiger partial charge in [0.1, 0.15) is 0 Å². The number of carboxylic acid groups (broad SMARTS) is 1. The molecule has 4 atom stereocenters. The van der Waals surface area contributed by atoms with Crippen molar-refractivity contribution in [1.82, 2.24) is 10.6 Å². The van der Waals surface area contributed by atoms with Crippen molar-refractivity contribution in [3.05, 3.63) is 35.4 Å². The summed E-state index contributed by atoms with van der Waals surface area (Å²) in [6.45, 7) is 3.99. The van der Waals surface area contributed by atoms with Crippen molar-refractivity contribution in [1.29, 1.82) is 0 Å². The molecule has 23 heavy (non-hydrogen) atoms. The van der Waals surface area contributed by atoms with Gasteiger partial charge in [-0.05, 0) is 38.3 Å². The minimum atomic E-state index is -3.88. The summed E-state index contributed by atoms with van der Waals surface area (Å²) in [4.78, 5) is 10.9. The summed E-state index contributed by atoms with van der Waals surface area (Å²) in [5.41, 5.74) is 0.161. The van der Waals surface area contributed by atoms with Gasteiger partial charge in [-0.1, -0.05) is 34.1 Å². The Labute approximate surface area is 142 Å². The predicted molar refractivity (Wildman–Crippen MR) is 87.9 cm³/mol. The molecule has 3 N–H and O–H groups in total. The summed E-state index contributed by atoms with van der Waals surface area (Å²) in [5.74, 6) is -6.01. The Morgan fingerprint density at radius 2 is 2.17 bits per heavy atom. The molecule has 1 aromatic carbocycles. The van der Waals surface area contributed by atoms with Gasteiger partial charge in [0.15, 0.2) is 0 Å². The van der Waals surface area contributed by atoms with E-state index in [4.69, 9.17) is 5.11 Å². The number of piperidine rings is 1. The van der Waals surface area contributed by atoms with Crippen LogP contribution in [0.25, 0.3) is 0 Å². The van der Waals surface area contributed by atoms with E-state index in [1.807, 2.05) is 6.92 Å². The third-order valence-corrected chi connectivity index (χ3v) is 4.74. The molecule has 0 aliphatic carbocycles. The fraction of sp³-hybridized carbons (Fsp3) is 0.562. The smallest absolute Gasteiger partial charge is 0.379 e. The molecular formula is C16H21BrF2N2O2. The Morgan fingerprint density at radius 3 is 2.78 bits per heavy atom. The topological polar surface area (TPSA) is 61.4 Å². The number of hydrogen-bond acceptors (Lipinski definition) is 3. The zero-order chi connectivity index (χ0) is 17.2. The fourth-order valence-electron chi connectivity index (χ4n) is 2.93. The number of rotatable bonds is 5. The van der Waals surface area contributed by atoms with Crippen LogP contribution in [0.3, 0.4) is 0 Å². The summed E-state index contributed by atoms with van der Waals surface area (Å²) in [7, 11) is 0. The van der Waals surface area contributed by atoms with Crippen LogP contribution < -0.4 is 10.6 Å². The first kappa shape index (κ1) is 18.3. The van der Waals surface area contributed by atoms with E-state index >= 15 is 0 Å². The van der Waals surface area contributed by atoms with Crippen LogP contribution in [0.1, 0.15) is 43.9 Å². The van der Waals surface area contributed by atoms with E-state index in [1.165, 1.54) is 12.1 Å². The molecule has 4 unspecified atom stereocenters. The first-order valence-electron chi connectivity index (χ1n) is 7.58. The summed E-state index contributed by atoms with van der Waals surface area (Å²) in [6.07, 6.45) is 1.83. The number of benzene rings is 1. The number of nitrogens with one attached hydrogen (secondary N) is 2. The predicted octanol–water partition coefficient (Wildman–Crippen LogP) is 3.38. The molecule has 0 bridgehead atoms. The van der Waals surface area contributed by atoms with Crippen molar-refractivity contribution >= 4 is 21.9 Å². The first-order valence-corrected chi connectivity index (χ1v) is 8.49. The largest absolute Gasteiger partial charge is 0.477 e. The van der Waals surface area contributed by atoms with Crippen LogP contribution in [0, 0.1) is 0 Å². The van der Waals surface area contributed by atoms with Crippen LogP contribution in [0.4, 0.5) is 8.78 Å². The number of hydrogen-bond donors (Lipinski definition) is 3. The number of alkyl halides is 3. The molecule has 0 aromatic heterocycles. The van der Waals surface area contributed by atoms with E-state index in [9.17, 15) is 13.6 Å². The zero-order valence-electron chi connectivity index (χ0n) is 13.0. The van der Waals surface area contributed by atoms with Gasteiger partial charge in [-0.2, -0.15) is 8.78 Å². The van der Waals surface area contributed by atoms with Crippen molar-refractivity contribution in [2.75, 3.05) is 0 Å². The van der Waals surface area contributed by atoms with Gasteiger partial charge in [-0.25, -0.2) is 4.79 Å². The van der Waals surface area contributed by atoms with Crippen LogP contribution in [-0.2, 0) is 10.7 Å². The van der Waals surface area contributed by atoms with Gasteiger partial charge in [0.2, 0.25) is 0 Å². The second kappa shape index (κ2) is 7.23. The van der Waals surface area contributed by atoms with Crippen LogP contribution in [0.15, 0.2) is 24.3 Å². The average molecular weight is 391 g/mol. The minimum Gasteiger partial charge on any atom is -0.477 e. The molecule has 7 heteroatoms. The Balaban J connectivity index is 2.11. The minimum absolute atomic E-state index is 0.144. The van der Waals surface area contributed by atoms with Gasteiger partial charge in [0.05, 0.1) is 4.95 Å². The SMILES string of the molecule is CC1CC(NC(C)c2cccc(C(F)(F)C(=O)O)c2)CC(Br)N1. The molecule has 1 fully saturated rings. The molecule has 1 saturated heterocycles. The molecule has 0 saturated carbocycles. The van der Waals surface area contributed by atoms with Gasteiger partial charge >= 0.3 is 11.9 Å². The first-order chi connectivity index (χ1) is 10.7. The maximum atomic E-state index is 13.6. The highest BCUT2D eigenvalue weighted by molar-refractivity contribution is 9.09. The standard InChI is InChI=1S/C16H21BrF2N2O2/c1-9-6-13(8-14(17)20-9)21-10(2)11-4-3-5-12(7-11)16(18,19)15(22)23/h3-5,7,9-10,13-14,20-21H,6,8H2,1-2H3,(H,22,23). The molecule has 0 radical (unpaired) electrons. The Bertz CT molecular complexity index is 561. The molecule has 1 aliphatic heterocycles. The van der Waals surface area contributed by atoms with Gasteiger partial charge in [-0.15, -0.1) is 0 Å². The normalized spacial score (nSPS) is 26.7. The highest BCUT2D eigenvalue weighted by Gasteiger charge is 2.41. The van der Waals surface area contributed by atoms with Crippen LogP contribution in [0.5, 0.6) is 0 Å². The van der Waals surface area contributed by atoms with Gasteiger partial charge < -0.3 is 15.7 Å². The lowest BCUT2D eigenvalue weighted by molar-refractivity contribution is -0.166. The Morgan fingerprint density at radius 1 is 1.48 bits per heavy atom. The van der Waals surface area contributed by atoms with E-state index < -0.39 is 17.5 Å². The van der Waals surface area contributed by atoms with E-state index in [1.54, 1.807) is 6.07 Å². The van der Waals surface area contributed by atoms with E-state index in [2.05, 4.69) is 33.5 Å². The van der Waals surface area contributed by atoms with Crippen molar-refractivity contribution in [3.63, 3.8) is 0 Å².